The summed E-state index contributed by atoms with van der Waals surface area (Å²) in [6.45, 7) is 0. The third-order valence-corrected chi connectivity index (χ3v) is 3.04. The van der Waals surface area contributed by atoms with Gasteiger partial charge in [0.15, 0.2) is 0 Å². The number of hydrogen-bond donors (Lipinski definition) is 2. The van der Waals surface area contributed by atoms with Crippen molar-refractivity contribution in [2.24, 2.45) is 10.2 Å². The van der Waals surface area contributed by atoms with Crippen molar-refractivity contribution in [2.45, 2.75) is 0 Å². The molecule has 0 aliphatic carbocycles. The molecule has 0 aromatic heterocycles. The van der Waals surface area contributed by atoms with Gasteiger partial charge in [-0.25, -0.2) is 10.9 Å². The Kier molecular flexibility index (Phi) is 7.76. The van der Waals surface area contributed by atoms with Crippen molar-refractivity contribution in [1.29, 1.82) is 0 Å². The summed E-state index contributed by atoms with van der Waals surface area (Å²) in [7, 11) is 0. The van der Waals surface area contributed by atoms with Gasteiger partial charge >= 0.3 is 11.8 Å². The Morgan fingerprint density at radius 1 is 0.654 bits per heavy atom. The molecule has 0 fully saturated rings. The standard InChI is InChI=1S/C20H18N4O2/c25-19(23-21-15-7-13-17-9-3-1-4-10-17)20(26)24-22-16-8-14-18-11-5-2-6-12-18/h1-16H,(H,23,25)(H,24,26)/b13-7-,14-8-,21-15-,22-16+. The van der Waals surface area contributed by atoms with Crippen molar-refractivity contribution in [1.82, 2.24) is 10.9 Å². The minimum atomic E-state index is -0.904. The molecule has 0 aliphatic rings. The highest BCUT2D eigenvalue weighted by Gasteiger charge is 2.10. The van der Waals surface area contributed by atoms with Crippen LogP contribution >= 0.6 is 0 Å². The maximum atomic E-state index is 11.5. The third kappa shape index (κ3) is 7.18. The predicted molar refractivity (Wildman–Crippen MR) is 104 cm³/mol. The Balaban J connectivity index is 1.69. The maximum absolute atomic E-state index is 11.5. The second kappa shape index (κ2) is 10.9. The zero-order valence-electron chi connectivity index (χ0n) is 13.9. The molecular formula is C20H18N4O2. The molecule has 26 heavy (non-hydrogen) atoms. The smallest absolute Gasteiger partial charge is 0.262 e. The van der Waals surface area contributed by atoms with Crippen LogP contribution in [-0.4, -0.2) is 24.2 Å². The maximum Gasteiger partial charge on any atom is 0.331 e. The van der Waals surface area contributed by atoms with Crippen LogP contribution in [0.3, 0.4) is 0 Å². The first kappa shape index (κ1) is 18.5. The van der Waals surface area contributed by atoms with E-state index in [1.54, 1.807) is 12.2 Å². The van der Waals surface area contributed by atoms with E-state index in [9.17, 15) is 9.59 Å². The van der Waals surface area contributed by atoms with E-state index in [1.165, 1.54) is 12.4 Å². The molecule has 0 radical (unpaired) electrons. The Morgan fingerprint density at radius 2 is 1.04 bits per heavy atom. The molecule has 0 aliphatic heterocycles. The summed E-state index contributed by atoms with van der Waals surface area (Å²) >= 11 is 0. The molecule has 2 N–H and O–H groups in total. The largest absolute Gasteiger partial charge is 0.331 e. The number of nitrogens with one attached hydrogen (secondary N) is 2. The summed E-state index contributed by atoms with van der Waals surface area (Å²) in [5.74, 6) is -1.81. The number of allylic oxidation sites excluding steroid dienone is 2. The Hall–Kier alpha value is -3.80. The lowest BCUT2D eigenvalue weighted by Crippen LogP contribution is -2.35. The number of carbonyl (C=O) groups is 2. The van der Waals surface area contributed by atoms with Gasteiger partial charge in [0.2, 0.25) is 0 Å². The van der Waals surface area contributed by atoms with Crippen molar-refractivity contribution in [3.05, 3.63) is 83.9 Å². The highest BCUT2D eigenvalue weighted by atomic mass is 16.2. The lowest BCUT2D eigenvalue weighted by Gasteiger charge is -1.96. The van der Waals surface area contributed by atoms with Gasteiger partial charge in [0.05, 0.1) is 0 Å². The monoisotopic (exact) mass is 346 g/mol. The molecule has 6 heteroatoms. The van der Waals surface area contributed by atoms with Crippen molar-refractivity contribution < 1.29 is 9.59 Å². The van der Waals surface area contributed by atoms with Crippen LogP contribution in [0.25, 0.3) is 12.2 Å². The average Bonchev–Trinajstić information content (AvgIpc) is 2.68. The minimum absolute atomic E-state index is 0.904. The number of amides is 2. The van der Waals surface area contributed by atoms with Gasteiger partial charge < -0.3 is 0 Å². The van der Waals surface area contributed by atoms with Crippen LogP contribution in [0.2, 0.25) is 0 Å². The molecule has 2 aromatic rings. The molecule has 2 amide bonds. The fourth-order valence-corrected chi connectivity index (χ4v) is 1.82. The van der Waals surface area contributed by atoms with E-state index >= 15 is 0 Å². The van der Waals surface area contributed by atoms with E-state index < -0.39 is 11.8 Å². The number of hydrogen-bond acceptors (Lipinski definition) is 4. The van der Waals surface area contributed by atoms with Gasteiger partial charge in [0.25, 0.3) is 0 Å². The second-order valence-corrected chi connectivity index (χ2v) is 4.98. The van der Waals surface area contributed by atoms with Gasteiger partial charge in [-0.1, -0.05) is 72.8 Å². The first-order valence-electron chi connectivity index (χ1n) is 7.85. The van der Waals surface area contributed by atoms with Crippen LogP contribution in [0.4, 0.5) is 0 Å². The minimum Gasteiger partial charge on any atom is -0.262 e. The van der Waals surface area contributed by atoms with Crippen LogP contribution in [0, 0.1) is 0 Å². The van der Waals surface area contributed by atoms with Gasteiger partial charge in [0, 0.05) is 12.4 Å². The quantitative estimate of drug-likeness (QED) is 0.479. The van der Waals surface area contributed by atoms with Crippen LogP contribution in [0.1, 0.15) is 11.1 Å². The summed E-state index contributed by atoms with van der Waals surface area (Å²) in [5, 5.41) is 7.31. The second-order valence-electron chi connectivity index (χ2n) is 4.98. The van der Waals surface area contributed by atoms with E-state index in [2.05, 4.69) is 21.1 Å². The van der Waals surface area contributed by atoms with Gasteiger partial charge in [-0.05, 0) is 23.3 Å². The van der Waals surface area contributed by atoms with Gasteiger partial charge in [0.1, 0.15) is 0 Å². The number of hydrazone groups is 2. The molecule has 0 spiro atoms. The SMILES string of the molecule is O=C(N/N=C\C=C/c1ccccc1)C(=O)N/N=C/C=C\c1ccccc1. The topological polar surface area (TPSA) is 82.9 Å². The molecule has 0 heterocycles. The molecule has 130 valence electrons. The summed E-state index contributed by atoms with van der Waals surface area (Å²) in [4.78, 5) is 23.0. The number of nitrogens with zero attached hydrogens (tertiary/aromatic N) is 2. The van der Waals surface area contributed by atoms with Crippen molar-refractivity contribution in [3.8, 4) is 0 Å². The summed E-state index contributed by atoms with van der Waals surface area (Å²) in [5.41, 5.74) is 6.22. The molecule has 0 saturated heterocycles. The average molecular weight is 346 g/mol. The fourth-order valence-electron chi connectivity index (χ4n) is 1.82. The predicted octanol–water partition coefficient (Wildman–Crippen LogP) is 2.62. The van der Waals surface area contributed by atoms with E-state index in [0.29, 0.717) is 0 Å². The highest BCUT2D eigenvalue weighted by molar-refractivity contribution is 6.35. The molecule has 6 nitrogen and oxygen atoms in total. The molecule has 0 saturated carbocycles. The van der Waals surface area contributed by atoms with E-state index in [4.69, 9.17) is 0 Å². The molecule has 0 bridgehead atoms. The fraction of sp³-hybridized carbons (Fsp3) is 0. The first-order chi connectivity index (χ1) is 12.8. The van der Waals surface area contributed by atoms with Crippen LogP contribution in [0.15, 0.2) is 83.0 Å². The van der Waals surface area contributed by atoms with Crippen LogP contribution in [0.5, 0.6) is 0 Å². The van der Waals surface area contributed by atoms with Crippen molar-refractivity contribution >= 4 is 36.4 Å². The Labute approximate surface area is 151 Å². The Bertz CT molecular complexity index is 754. The highest BCUT2D eigenvalue weighted by Crippen LogP contribution is 2.00. The van der Waals surface area contributed by atoms with Crippen LogP contribution in [-0.2, 0) is 9.59 Å². The molecule has 2 aromatic carbocycles. The molecular weight excluding hydrogens is 328 g/mol. The zero-order valence-corrected chi connectivity index (χ0v) is 13.9. The number of rotatable bonds is 6. The normalized spacial score (nSPS) is 11.5. The molecule has 0 atom stereocenters. The van der Waals surface area contributed by atoms with Gasteiger partial charge in [-0.15, -0.1) is 0 Å². The summed E-state index contributed by atoms with van der Waals surface area (Å²) in [6, 6.07) is 19.2. The van der Waals surface area contributed by atoms with E-state index in [0.717, 1.165) is 11.1 Å². The summed E-state index contributed by atoms with van der Waals surface area (Å²) in [6.07, 6.45) is 9.70. The lowest BCUT2D eigenvalue weighted by atomic mass is 10.2. The van der Waals surface area contributed by atoms with Gasteiger partial charge in [-0.2, -0.15) is 10.2 Å². The van der Waals surface area contributed by atoms with Crippen LogP contribution < -0.4 is 10.9 Å². The molecule has 2 rings (SSSR count). The summed E-state index contributed by atoms with van der Waals surface area (Å²) < 4.78 is 0. The van der Waals surface area contributed by atoms with Gasteiger partial charge in [-0.3, -0.25) is 9.59 Å². The number of carbonyl (C=O) groups excluding carboxylic acids is 2. The van der Waals surface area contributed by atoms with Crippen molar-refractivity contribution in [2.75, 3.05) is 0 Å². The first-order valence-corrected chi connectivity index (χ1v) is 7.85. The lowest BCUT2D eigenvalue weighted by molar-refractivity contribution is -0.139. The zero-order chi connectivity index (χ0) is 18.5. The number of benzene rings is 2. The van der Waals surface area contributed by atoms with E-state index in [-0.39, 0.29) is 0 Å². The Morgan fingerprint density at radius 3 is 1.42 bits per heavy atom. The van der Waals surface area contributed by atoms with E-state index in [1.807, 2.05) is 72.8 Å². The van der Waals surface area contributed by atoms with Crippen molar-refractivity contribution in [3.63, 3.8) is 0 Å². The third-order valence-electron chi connectivity index (χ3n) is 3.04. The molecule has 0 unspecified atom stereocenters.